The summed E-state index contributed by atoms with van der Waals surface area (Å²) in [6.45, 7) is 12.9. The van der Waals surface area contributed by atoms with E-state index >= 15 is 0 Å². The summed E-state index contributed by atoms with van der Waals surface area (Å²) in [7, 11) is 0. The molecule has 0 aliphatic carbocycles. The van der Waals surface area contributed by atoms with Gasteiger partial charge in [0, 0.05) is 22.5 Å². The molecule has 0 fully saturated rings. The Bertz CT molecular complexity index is 1320. The maximum Gasteiger partial charge on any atom is 0.256 e. The molecule has 194 valence electrons. The molecule has 0 bridgehead atoms. The lowest BCUT2D eigenvalue weighted by Crippen LogP contribution is -2.16. The molecule has 0 unspecified atom stereocenters. The van der Waals surface area contributed by atoms with Crippen molar-refractivity contribution < 1.29 is 9.59 Å². The van der Waals surface area contributed by atoms with E-state index in [1.165, 1.54) is 11.1 Å². The van der Waals surface area contributed by atoms with E-state index in [0.717, 1.165) is 11.4 Å². The molecule has 4 aromatic rings. The number of carbonyl (C=O) groups excluding carboxylic acids is 2. The Kier molecular flexibility index (Phi) is 7.54. The fraction of sp³-hybridized carbons (Fsp3) is 0.235. The van der Waals surface area contributed by atoms with Crippen molar-refractivity contribution in [1.29, 1.82) is 0 Å². The van der Waals surface area contributed by atoms with Crippen molar-refractivity contribution in [3.8, 4) is 11.1 Å². The number of hydrogen-bond donors (Lipinski definition) is 2. The second-order valence-electron chi connectivity index (χ2n) is 11.7. The fourth-order valence-electron chi connectivity index (χ4n) is 4.34. The largest absolute Gasteiger partial charge is 0.322 e. The molecule has 2 N–H and O–H groups in total. The molecular formula is C34H36N2O2. The van der Waals surface area contributed by atoms with Crippen LogP contribution in [0.1, 0.15) is 73.4 Å². The van der Waals surface area contributed by atoms with E-state index in [9.17, 15) is 9.59 Å². The van der Waals surface area contributed by atoms with Crippen LogP contribution in [0.4, 0.5) is 11.4 Å². The van der Waals surface area contributed by atoms with Gasteiger partial charge in [-0.2, -0.15) is 0 Å². The summed E-state index contributed by atoms with van der Waals surface area (Å²) in [5, 5.41) is 6.03. The Balaban J connectivity index is 1.60. The van der Waals surface area contributed by atoms with Crippen molar-refractivity contribution in [1.82, 2.24) is 0 Å². The monoisotopic (exact) mass is 504 g/mol. The van der Waals surface area contributed by atoms with Crippen LogP contribution >= 0.6 is 0 Å². The van der Waals surface area contributed by atoms with Crippen LogP contribution in [0.3, 0.4) is 0 Å². The first-order valence-corrected chi connectivity index (χ1v) is 13.0. The van der Waals surface area contributed by atoms with Gasteiger partial charge in [0.05, 0.1) is 0 Å². The maximum atomic E-state index is 13.4. The van der Waals surface area contributed by atoms with Gasteiger partial charge in [0.2, 0.25) is 0 Å². The van der Waals surface area contributed by atoms with Gasteiger partial charge in [-0.1, -0.05) is 102 Å². The molecule has 38 heavy (non-hydrogen) atoms. The third kappa shape index (κ3) is 6.20. The molecule has 2 amide bonds. The number of hydrogen-bond acceptors (Lipinski definition) is 2. The highest BCUT2D eigenvalue weighted by atomic mass is 16.2. The van der Waals surface area contributed by atoms with Crippen LogP contribution in [0.2, 0.25) is 0 Å². The van der Waals surface area contributed by atoms with Gasteiger partial charge in [-0.05, 0) is 69.5 Å². The average molecular weight is 505 g/mol. The van der Waals surface area contributed by atoms with Crippen molar-refractivity contribution in [2.45, 2.75) is 52.4 Å². The lowest BCUT2D eigenvalue weighted by molar-refractivity contribution is 0.101. The second-order valence-corrected chi connectivity index (χ2v) is 11.7. The Morgan fingerprint density at radius 2 is 0.789 bits per heavy atom. The van der Waals surface area contributed by atoms with Gasteiger partial charge in [0.15, 0.2) is 0 Å². The van der Waals surface area contributed by atoms with Gasteiger partial charge in [0.1, 0.15) is 0 Å². The quantitative estimate of drug-likeness (QED) is 0.286. The Labute approximate surface area is 226 Å². The SMILES string of the molecule is CC(C)(C)c1ccc(NC(=O)c2ccccc2-c2ccccc2C(=O)Nc2ccc(C(C)(C)C)cc2)cc1. The summed E-state index contributed by atoms with van der Waals surface area (Å²) in [5.74, 6) is -0.450. The summed E-state index contributed by atoms with van der Waals surface area (Å²) >= 11 is 0. The molecule has 0 atom stereocenters. The Morgan fingerprint density at radius 1 is 0.474 bits per heavy atom. The minimum Gasteiger partial charge on any atom is -0.322 e. The van der Waals surface area contributed by atoms with Gasteiger partial charge in [-0.3, -0.25) is 9.59 Å². The minimum atomic E-state index is -0.225. The highest BCUT2D eigenvalue weighted by molar-refractivity contribution is 6.13. The van der Waals surface area contributed by atoms with Crippen LogP contribution < -0.4 is 10.6 Å². The first kappa shape index (κ1) is 26.9. The molecule has 0 saturated heterocycles. The number of benzene rings is 4. The van der Waals surface area contributed by atoms with Gasteiger partial charge < -0.3 is 10.6 Å². The summed E-state index contributed by atoms with van der Waals surface area (Å²) in [6.07, 6.45) is 0. The van der Waals surface area contributed by atoms with E-state index in [1.54, 1.807) is 12.1 Å². The van der Waals surface area contributed by atoms with Crippen molar-refractivity contribution in [2.75, 3.05) is 10.6 Å². The predicted molar refractivity (Wildman–Crippen MR) is 158 cm³/mol. The van der Waals surface area contributed by atoms with E-state index in [2.05, 4.69) is 52.2 Å². The van der Waals surface area contributed by atoms with Crippen LogP contribution in [0.15, 0.2) is 97.1 Å². The Hall–Kier alpha value is -4.18. The molecule has 0 aliphatic heterocycles. The summed E-state index contributed by atoms with van der Waals surface area (Å²) in [4.78, 5) is 26.7. The zero-order valence-corrected chi connectivity index (χ0v) is 23.1. The van der Waals surface area contributed by atoms with Crippen LogP contribution in [-0.2, 0) is 10.8 Å². The molecule has 0 radical (unpaired) electrons. The normalized spacial score (nSPS) is 11.6. The Morgan fingerprint density at radius 3 is 1.11 bits per heavy atom. The van der Waals surface area contributed by atoms with Crippen molar-refractivity contribution in [3.63, 3.8) is 0 Å². The maximum absolute atomic E-state index is 13.4. The fourth-order valence-corrected chi connectivity index (χ4v) is 4.34. The number of rotatable bonds is 5. The van der Waals surface area contributed by atoms with Crippen LogP contribution in [0.25, 0.3) is 11.1 Å². The van der Waals surface area contributed by atoms with Gasteiger partial charge in [-0.25, -0.2) is 0 Å². The van der Waals surface area contributed by atoms with Gasteiger partial charge >= 0.3 is 0 Å². The lowest BCUT2D eigenvalue weighted by Gasteiger charge is -2.19. The number of carbonyl (C=O) groups is 2. The zero-order valence-electron chi connectivity index (χ0n) is 23.1. The van der Waals surface area contributed by atoms with Crippen molar-refractivity contribution in [2.24, 2.45) is 0 Å². The zero-order chi connectivity index (χ0) is 27.5. The number of amides is 2. The minimum absolute atomic E-state index is 0.0358. The molecular weight excluding hydrogens is 468 g/mol. The van der Waals surface area contributed by atoms with E-state index < -0.39 is 0 Å². The number of nitrogens with one attached hydrogen (secondary N) is 2. The molecule has 4 heteroatoms. The van der Waals surface area contributed by atoms with Crippen molar-refractivity contribution in [3.05, 3.63) is 119 Å². The standard InChI is InChI=1S/C34H36N2O2/c1-33(2,3)23-15-19-25(20-16-23)35-31(37)29-13-9-7-11-27(29)28-12-8-10-14-30(28)32(38)36-26-21-17-24(18-22-26)34(4,5)6/h7-22H,1-6H3,(H,35,37)(H,36,38). The lowest BCUT2D eigenvalue weighted by atomic mass is 9.87. The van der Waals surface area contributed by atoms with Gasteiger partial charge in [0.25, 0.3) is 11.8 Å². The molecule has 4 nitrogen and oxygen atoms in total. The van der Waals surface area contributed by atoms with Crippen LogP contribution in [0, 0.1) is 0 Å². The van der Waals surface area contributed by atoms with Crippen molar-refractivity contribution >= 4 is 23.2 Å². The molecule has 0 aliphatic rings. The van der Waals surface area contributed by atoms with Crippen LogP contribution in [0.5, 0.6) is 0 Å². The highest BCUT2D eigenvalue weighted by Gasteiger charge is 2.19. The average Bonchev–Trinajstić information content (AvgIpc) is 2.88. The summed E-state index contributed by atoms with van der Waals surface area (Å²) in [5.41, 5.74) is 6.32. The summed E-state index contributed by atoms with van der Waals surface area (Å²) < 4.78 is 0. The molecule has 0 heterocycles. The predicted octanol–water partition coefficient (Wildman–Crippen LogP) is 8.45. The number of anilines is 2. The first-order valence-electron chi connectivity index (χ1n) is 13.0. The van der Waals surface area contributed by atoms with Gasteiger partial charge in [-0.15, -0.1) is 0 Å². The van der Waals surface area contributed by atoms with Crippen LogP contribution in [-0.4, -0.2) is 11.8 Å². The van der Waals surface area contributed by atoms with E-state index in [-0.39, 0.29) is 22.6 Å². The third-order valence-corrected chi connectivity index (χ3v) is 6.65. The topological polar surface area (TPSA) is 58.2 Å². The van der Waals surface area contributed by atoms with E-state index in [1.807, 2.05) is 84.9 Å². The smallest absolute Gasteiger partial charge is 0.256 e. The molecule has 0 saturated carbocycles. The van der Waals surface area contributed by atoms with E-state index in [0.29, 0.717) is 22.3 Å². The highest BCUT2D eigenvalue weighted by Crippen LogP contribution is 2.30. The molecule has 4 aromatic carbocycles. The molecule has 0 aromatic heterocycles. The summed E-state index contributed by atoms with van der Waals surface area (Å²) in [6, 6.07) is 30.6. The third-order valence-electron chi connectivity index (χ3n) is 6.65. The molecule has 0 spiro atoms. The molecule has 4 rings (SSSR count). The van der Waals surface area contributed by atoms with E-state index in [4.69, 9.17) is 0 Å². The first-order chi connectivity index (χ1) is 17.9. The second kappa shape index (κ2) is 10.7.